The Labute approximate surface area is 307 Å². The Hall–Kier alpha value is -3.86. The van der Waals surface area contributed by atoms with Crippen LogP contribution >= 0.6 is 37.1 Å². The highest BCUT2D eigenvalue weighted by molar-refractivity contribution is 7.80. The number of fused-ring (bicyclic) bond motifs is 1. The van der Waals surface area contributed by atoms with E-state index in [-0.39, 0.29) is 32.0 Å². The van der Waals surface area contributed by atoms with E-state index < -0.39 is 30.2 Å². The number of aromatic nitrogens is 1. The van der Waals surface area contributed by atoms with Crippen molar-refractivity contribution in [2.24, 2.45) is 0 Å². The third-order valence-electron chi connectivity index (χ3n) is 7.45. The van der Waals surface area contributed by atoms with E-state index in [1.54, 1.807) is 31.2 Å². The van der Waals surface area contributed by atoms with Crippen LogP contribution in [0.3, 0.4) is 0 Å². The van der Waals surface area contributed by atoms with Gasteiger partial charge in [-0.1, -0.05) is 29.8 Å². The molecule has 0 spiro atoms. The SMILES string of the molecule is C=C(CS)NCC(=O)NCC(=O)NCC(=O)N(OCCCNCCCOS)C(=O)Cc1c(C)n(C(=O)c2ccc(Cl)cc2)c2ccc(C)cc12. The molecule has 0 radical (unpaired) electrons. The van der Waals surface area contributed by atoms with Crippen molar-refractivity contribution < 1.29 is 33.0 Å². The van der Waals surface area contributed by atoms with Crippen molar-refractivity contribution in [1.29, 1.82) is 0 Å². The van der Waals surface area contributed by atoms with Gasteiger partial charge in [0, 0.05) is 33.1 Å². The van der Waals surface area contributed by atoms with E-state index in [1.165, 1.54) is 4.57 Å². The quantitative estimate of drug-likeness (QED) is 0.0443. The molecule has 3 aromatic rings. The fraction of sp³-hybridized carbons (Fsp3) is 0.382. The van der Waals surface area contributed by atoms with Gasteiger partial charge in [-0.2, -0.15) is 17.7 Å². The van der Waals surface area contributed by atoms with Crippen LogP contribution in [0.15, 0.2) is 54.7 Å². The Morgan fingerprint density at radius 3 is 2.18 bits per heavy atom. The molecule has 0 bridgehead atoms. The number of hydrogen-bond donors (Lipinski definition) is 6. The average Bonchev–Trinajstić information content (AvgIpc) is 3.37. The Morgan fingerprint density at radius 1 is 0.880 bits per heavy atom. The lowest BCUT2D eigenvalue weighted by Crippen LogP contribution is -2.47. The van der Waals surface area contributed by atoms with Gasteiger partial charge in [-0.3, -0.25) is 33.4 Å². The number of imide groups is 1. The van der Waals surface area contributed by atoms with E-state index in [9.17, 15) is 24.0 Å². The Bertz CT molecular complexity index is 1680. The van der Waals surface area contributed by atoms with E-state index in [1.807, 2.05) is 25.1 Å². The van der Waals surface area contributed by atoms with Gasteiger partial charge in [-0.15, -0.1) is 0 Å². The molecule has 1 aromatic heterocycles. The first kappa shape index (κ1) is 40.6. The topological polar surface area (TPSA) is 160 Å². The summed E-state index contributed by atoms with van der Waals surface area (Å²) in [6.45, 7) is 8.01. The number of nitrogens with one attached hydrogen (secondary N) is 4. The lowest BCUT2D eigenvalue weighted by molar-refractivity contribution is -0.194. The number of amides is 4. The van der Waals surface area contributed by atoms with E-state index in [4.69, 9.17) is 20.6 Å². The van der Waals surface area contributed by atoms with Gasteiger partial charge in [-0.05, 0) is 94.6 Å². The third-order valence-corrected chi connectivity index (χ3v) is 8.26. The van der Waals surface area contributed by atoms with Crippen molar-refractivity contribution in [2.45, 2.75) is 33.1 Å². The molecule has 270 valence electrons. The van der Waals surface area contributed by atoms with Gasteiger partial charge in [-0.25, -0.2) is 0 Å². The molecule has 4 amide bonds. The van der Waals surface area contributed by atoms with Gasteiger partial charge in [0.15, 0.2) is 0 Å². The van der Waals surface area contributed by atoms with Gasteiger partial charge in [0.25, 0.3) is 17.7 Å². The second kappa shape index (κ2) is 20.7. The summed E-state index contributed by atoms with van der Waals surface area (Å²) >= 11 is 13.8. The molecular weight excluding hydrogens is 704 g/mol. The highest BCUT2D eigenvalue weighted by Gasteiger charge is 2.28. The van der Waals surface area contributed by atoms with Crippen LogP contribution in [0.5, 0.6) is 0 Å². The molecule has 0 aliphatic carbocycles. The zero-order valence-electron chi connectivity index (χ0n) is 28.1. The predicted octanol–water partition coefficient (Wildman–Crippen LogP) is 2.93. The number of halogens is 1. The van der Waals surface area contributed by atoms with E-state index in [0.717, 1.165) is 12.0 Å². The largest absolute Gasteiger partial charge is 0.379 e. The van der Waals surface area contributed by atoms with Crippen LogP contribution in [0.2, 0.25) is 5.02 Å². The van der Waals surface area contributed by atoms with Crippen molar-refractivity contribution >= 4 is 77.6 Å². The number of thiol groups is 2. The Morgan fingerprint density at radius 2 is 1.52 bits per heavy atom. The molecule has 1 heterocycles. The minimum Gasteiger partial charge on any atom is -0.379 e. The van der Waals surface area contributed by atoms with Crippen molar-refractivity contribution in [3.8, 4) is 0 Å². The summed E-state index contributed by atoms with van der Waals surface area (Å²) in [5.74, 6) is -2.55. The van der Waals surface area contributed by atoms with Crippen molar-refractivity contribution in [3.05, 3.63) is 82.1 Å². The molecule has 0 unspecified atom stereocenters. The number of carbonyl (C=O) groups excluding carboxylic acids is 5. The molecule has 0 saturated carbocycles. The van der Waals surface area contributed by atoms with Gasteiger partial charge in [0.2, 0.25) is 11.8 Å². The predicted molar refractivity (Wildman–Crippen MR) is 198 cm³/mol. The summed E-state index contributed by atoms with van der Waals surface area (Å²) in [4.78, 5) is 71.0. The molecule has 0 saturated heterocycles. The Balaban J connectivity index is 1.76. The summed E-state index contributed by atoms with van der Waals surface area (Å²) in [5, 5.41) is 12.6. The minimum atomic E-state index is -0.810. The number of aryl methyl sites for hydroxylation is 1. The highest BCUT2D eigenvalue weighted by atomic mass is 35.5. The Kier molecular flexibility index (Phi) is 16.8. The maximum atomic E-state index is 13.8. The summed E-state index contributed by atoms with van der Waals surface area (Å²) in [6.07, 6.45) is 0.953. The molecule has 13 nitrogen and oxygen atoms in total. The van der Waals surface area contributed by atoms with E-state index in [2.05, 4.69) is 53.4 Å². The second-order valence-corrected chi connectivity index (χ2v) is 12.3. The van der Waals surface area contributed by atoms with E-state index >= 15 is 0 Å². The minimum absolute atomic E-state index is 0.0248. The first-order valence-corrected chi connectivity index (χ1v) is 17.3. The molecule has 0 atom stereocenters. The number of rotatable bonds is 20. The fourth-order valence-corrected chi connectivity index (χ4v) is 5.23. The smallest absolute Gasteiger partial charge is 0.272 e. The molecule has 50 heavy (non-hydrogen) atoms. The number of nitrogens with zero attached hydrogens (tertiary/aromatic N) is 2. The summed E-state index contributed by atoms with van der Waals surface area (Å²) in [6, 6.07) is 12.1. The van der Waals surface area contributed by atoms with Crippen molar-refractivity contribution in [1.82, 2.24) is 30.9 Å². The molecule has 3 rings (SSSR count). The zero-order valence-corrected chi connectivity index (χ0v) is 30.6. The normalized spacial score (nSPS) is 10.9. The van der Waals surface area contributed by atoms with Crippen LogP contribution < -0.4 is 21.3 Å². The summed E-state index contributed by atoms with van der Waals surface area (Å²) < 4.78 is 6.28. The number of hydroxylamine groups is 2. The van der Waals surface area contributed by atoms with Crippen LogP contribution in [0, 0.1) is 13.8 Å². The summed E-state index contributed by atoms with van der Waals surface area (Å²) in [7, 11) is 0. The molecule has 4 N–H and O–H groups in total. The lowest BCUT2D eigenvalue weighted by Gasteiger charge is -2.21. The van der Waals surface area contributed by atoms with Crippen molar-refractivity contribution in [3.63, 3.8) is 0 Å². The number of benzene rings is 2. The van der Waals surface area contributed by atoms with Crippen LogP contribution in [-0.2, 0) is 34.6 Å². The maximum Gasteiger partial charge on any atom is 0.272 e. The lowest BCUT2D eigenvalue weighted by atomic mass is 10.1. The fourth-order valence-electron chi connectivity index (χ4n) is 4.86. The molecule has 0 aliphatic heterocycles. The van der Waals surface area contributed by atoms with Gasteiger partial charge in [0.05, 0.1) is 44.8 Å². The molecule has 2 aromatic carbocycles. The van der Waals surface area contributed by atoms with Gasteiger partial charge >= 0.3 is 0 Å². The van der Waals surface area contributed by atoms with Crippen LogP contribution in [0.1, 0.15) is 40.0 Å². The number of hydrogen-bond acceptors (Lipinski definition) is 11. The third kappa shape index (κ3) is 12.2. The molecular formula is C34H43ClN6O7S2. The first-order chi connectivity index (χ1) is 24.0. The van der Waals surface area contributed by atoms with E-state index in [0.29, 0.717) is 75.4 Å². The second-order valence-electron chi connectivity index (χ2n) is 11.3. The number of carbonyl (C=O) groups is 5. The highest BCUT2D eigenvalue weighted by Crippen LogP contribution is 2.29. The van der Waals surface area contributed by atoms with Gasteiger partial charge < -0.3 is 25.5 Å². The van der Waals surface area contributed by atoms with Crippen LogP contribution in [0.25, 0.3) is 10.9 Å². The standard InChI is InChI=1S/C34H43ClN6O7S2/c1-22-6-11-29-28(16-22)27(24(3)40(29)34(46)25-7-9-26(35)10-8-25)17-32(44)41(47-14-4-12-36-13-5-15-48-50)33(45)20-39-31(43)19-38-30(42)18-37-23(2)21-49/h6-11,16,36-37,49-50H,2,4-5,12-15,17-21H2,1,3H3,(H,38,42)(H,39,43). The monoisotopic (exact) mass is 746 g/mol. The first-order valence-electron chi connectivity index (χ1n) is 15.9. The van der Waals surface area contributed by atoms with Gasteiger partial charge in [0.1, 0.15) is 0 Å². The van der Waals surface area contributed by atoms with Crippen molar-refractivity contribution in [2.75, 3.05) is 51.7 Å². The zero-order chi connectivity index (χ0) is 36.6. The molecule has 16 heteroatoms. The van der Waals surface area contributed by atoms with Crippen LogP contribution in [-0.4, -0.2) is 90.9 Å². The summed E-state index contributed by atoms with van der Waals surface area (Å²) in [5.41, 5.74) is 3.54. The van der Waals surface area contributed by atoms with Crippen LogP contribution in [0.4, 0.5) is 0 Å². The average molecular weight is 747 g/mol. The maximum absolute atomic E-state index is 13.8. The molecule has 0 fully saturated rings. The molecule has 0 aliphatic rings.